The van der Waals surface area contributed by atoms with Gasteiger partial charge in [0, 0.05) is 6.42 Å². The smallest absolute Gasteiger partial charge is 0.337 e. The van der Waals surface area contributed by atoms with E-state index in [4.69, 9.17) is 18.9 Å². The van der Waals surface area contributed by atoms with E-state index in [9.17, 15) is 9.59 Å². The Morgan fingerprint density at radius 2 is 1.45 bits per heavy atom. The Labute approximate surface area is 169 Å². The summed E-state index contributed by atoms with van der Waals surface area (Å²) >= 11 is 0. The van der Waals surface area contributed by atoms with Crippen LogP contribution in [0.15, 0.2) is 59.7 Å². The van der Waals surface area contributed by atoms with E-state index in [2.05, 4.69) is 0 Å². The summed E-state index contributed by atoms with van der Waals surface area (Å²) < 4.78 is 21.9. The van der Waals surface area contributed by atoms with Crippen LogP contribution in [0.5, 0.6) is 5.75 Å². The molecule has 2 aliphatic rings. The second-order valence-corrected chi connectivity index (χ2v) is 7.27. The van der Waals surface area contributed by atoms with Crippen molar-refractivity contribution in [3.05, 3.63) is 76.4 Å². The SMILES string of the molecule is COC(=O)C1=C(C(=O)OC)C2(Cc3ccc(OC)cc3)OC1(C)c1ccccc12. The molecule has 0 aliphatic carbocycles. The third kappa shape index (κ3) is 2.59. The summed E-state index contributed by atoms with van der Waals surface area (Å²) in [5, 5.41) is 0. The maximum Gasteiger partial charge on any atom is 0.337 e. The predicted octanol–water partition coefficient (Wildman–Crippen LogP) is 3.03. The summed E-state index contributed by atoms with van der Waals surface area (Å²) in [5.41, 5.74) is 0.782. The molecule has 0 radical (unpaired) electrons. The standard InChI is InChI=1S/C23H22O6/c1-22-16-7-5-6-8-17(16)23(29-22,13-14-9-11-15(26-2)12-10-14)19(21(25)28-4)18(22)20(24)27-3/h5-12H,13H2,1-4H3. The van der Waals surface area contributed by atoms with Crippen molar-refractivity contribution in [2.24, 2.45) is 0 Å². The van der Waals surface area contributed by atoms with Gasteiger partial charge in [0.1, 0.15) is 17.0 Å². The highest BCUT2D eigenvalue weighted by molar-refractivity contribution is 6.06. The summed E-state index contributed by atoms with van der Waals surface area (Å²) in [6.07, 6.45) is 0.356. The molecule has 0 saturated heterocycles. The molecular formula is C23H22O6. The Morgan fingerprint density at radius 3 is 2.03 bits per heavy atom. The van der Waals surface area contributed by atoms with Crippen molar-refractivity contribution in [1.82, 2.24) is 0 Å². The van der Waals surface area contributed by atoms with E-state index < -0.39 is 23.1 Å². The summed E-state index contributed by atoms with van der Waals surface area (Å²) in [6.45, 7) is 1.80. The highest BCUT2D eigenvalue weighted by atomic mass is 16.6. The largest absolute Gasteiger partial charge is 0.497 e. The number of benzene rings is 2. The zero-order valence-corrected chi connectivity index (χ0v) is 16.8. The Kier molecular flexibility index (Phi) is 4.46. The van der Waals surface area contributed by atoms with Crippen LogP contribution in [-0.4, -0.2) is 33.3 Å². The van der Waals surface area contributed by atoms with Crippen LogP contribution in [0.3, 0.4) is 0 Å². The molecular weight excluding hydrogens is 372 g/mol. The zero-order chi connectivity index (χ0) is 20.8. The maximum atomic E-state index is 12.9. The van der Waals surface area contributed by atoms with Crippen molar-refractivity contribution in [3.8, 4) is 5.75 Å². The van der Waals surface area contributed by atoms with E-state index >= 15 is 0 Å². The minimum Gasteiger partial charge on any atom is -0.497 e. The fraction of sp³-hybridized carbons (Fsp3) is 0.304. The van der Waals surface area contributed by atoms with Crippen molar-refractivity contribution in [2.75, 3.05) is 21.3 Å². The van der Waals surface area contributed by atoms with Crippen LogP contribution in [0.1, 0.15) is 23.6 Å². The van der Waals surface area contributed by atoms with Crippen molar-refractivity contribution in [1.29, 1.82) is 0 Å². The number of fused-ring (bicyclic) bond motifs is 5. The van der Waals surface area contributed by atoms with Gasteiger partial charge in [0.2, 0.25) is 0 Å². The van der Waals surface area contributed by atoms with Crippen LogP contribution in [-0.2, 0) is 41.4 Å². The van der Waals surface area contributed by atoms with Crippen molar-refractivity contribution < 1.29 is 28.5 Å². The lowest BCUT2D eigenvalue weighted by Gasteiger charge is -2.29. The maximum absolute atomic E-state index is 12.9. The molecule has 2 aromatic carbocycles. The third-order valence-electron chi connectivity index (χ3n) is 5.78. The minimum atomic E-state index is -1.14. The van der Waals surface area contributed by atoms with Gasteiger partial charge in [-0.2, -0.15) is 0 Å². The van der Waals surface area contributed by atoms with Crippen LogP contribution in [0.2, 0.25) is 0 Å². The molecule has 0 fully saturated rings. The Bertz CT molecular complexity index is 1020. The van der Waals surface area contributed by atoms with Crippen LogP contribution in [0, 0.1) is 0 Å². The van der Waals surface area contributed by atoms with Gasteiger partial charge < -0.3 is 18.9 Å². The van der Waals surface area contributed by atoms with E-state index in [0.717, 1.165) is 22.4 Å². The molecule has 2 aromatic rings. The molecule has 2 unspecified atom stereocenters. The van der Waals surface area contributed by atoms with Gasteiger partial charge in [-0.25, -0.2) is 9.59 Å². The second kappa shape index (κ2) is 6.74. The Morgan fingerprint density at radius 1 is 0.862 bits per heavy atom. The highest BCUT2D eigenvalue weighted by Crippen LogP contribution is 2.62. The molecule has 0 N–H and O–H groups in total. The quantitative estimate of drug-likeness (QED) is 0.726. The number of ether oxygens (including phenoxy) is 4. The van der Waals surface area contributed by atoms with E-state index in [1.54, 1.807) is 14.0 Å². The van der Waals surface area contributed by atoms with Gasteiger partial charge in [-0.05, 0) is 35.7 Å². The van der Waals surface area contributed by atoms with E-state index in [1.807, 2.05) is 48.5 Å². The average Bonchev–Trinajstić information content (AvgIpc) is 3.17. The zero-order valence-electron chi connectivity index (χ0n) is 16.8. The molecule has 4 rings (SSSR count). The van der Waals surface area contributed by atoms with Crippen molar-refractivity contribution in [2.45, 2.75) is 24.5 Å². The molecule has 2 bridgehead atoms. The molecule has 2 aliphatic heterocycles. The molecule has 2 heterocycles. The molecule has 6 heteroatoms. The Balaban J connectivity index is 1.95. The first kappa shape index (κ1) is 19.2. The molecule has 0 spiro atoms. The van der Waals surface area contributed by atoms with Gasteiger partial charge in [-0.15, -0.1) is 0 Å². The predicted molar refractivity (Wildman–Crippen MR) is 104 cm³/mol. The topological polar surface area (TPSA) is 71.1 Å². The van der Waals surface area contributed by atoms with Gasteiger partial charge in [-0.1, -0.05) is 36.4 Å². The number of methoxy groups -OCH3 is 3. The van der Waals surface area contributed by atoms with Crippen molar-refractivity contribution in [3.63, 3.8) is 0 Å². The van der Waals surface area contributed by atoms with Gasteiger partial charge in [0.15, 0.2) is 0 Å². The monoisotopic (exact) mass is 394 g/mol. The lowest BCUT2D eigenvalue weighted by atomic mass is 9.71. The lowest BCUT2D eigenvalue weighted by molar-refractivity contribution is -0.140. The summed E-state index contributed by atoms with van der Waals surface area (Å²) in [5.74, 6) is -0.467. The van der Waals surface area contributed by atoms with E-state index in [1.165, 1.54) is 14.2 Å². The molecule has 0 aromatic heterocycles. The van der Waals surface area contributed by atoms with Crippen molar-refractivity contribution >= 4 is 11.9 Å². The summed E-state index contributed by atoms with van der Waals surface area (Å²) in [7, 11) is 4.19. The van der Waals surface area contributed by atoms with Gasteiger partial charge in [-0.3, -0.25) is 0 Å². The molecule has 150 valence electrons. The number of esters is 2. The first-order valence-electron chi connectivity index (χ1n) is 9.26. The third-order valence-corrected chi connectivity index (χ3v) is 5.78. The number of carbonyl (C=O) groups excluding carboxylic acids is 2. The normalized spacial score (nSPS) is 24.3. The summed E-state index contributed by atoms with van der Waals surface area (Å²) in [4.78, 5) is 25.6. The lowest BCUT2D eigenvalue weighted by Crippen LogP contribution is -2.35. The van der Waals surface area contributed by atoms with Gasteiger partial charge >= 0.3 is 11.9 Å². The number of carbonyl (C=O) groups is 2. The van der Waals surface area contributed by atoms with E-state index in [-0.39, 0.29) is 11.1 Å². The molecule has 2 atom stereocenters. The highest BCUT2D eigenvalue weighted by Gasteiger charge is 2.65. The van der Waals surface area contributed by atoms with Gasteiger partial charge in [0.05, 0.1) is 32.5 Å². The number of hydrogen-bond donors (Lipinski definition) is 0. The fourth-order valence-electron chi connectivity index (χ4n) is 4.54. The van der Waals surface area contributed by atoms with E-state index in [0.29, 0.717) is 6.42 Å². The van der Waals surface area contributed by atoms with Crippen LogP contribution in [0.25, 0.3) is 0 Å². The summed E-state index contributed by atoms with van der Waals surface area (Å²) in [6, 6.07) is 15.2. The molecule has 29 heavy (non-hydrogen) atoms. The fourth-order valence-corrected chi connectivity index (χ4v) is 4.54. The number of hydrogen-bond acceptors (Lipinski definition) is 6. The minimum absolute atomic E-state index is 0.194. The van der Waals surface area contributed by atoms with Gasteiger partial charge in [0.25, 0.3) is 0 Å². The van der Waals surface area contributed by atoms with Crippen LogP contribution in [0.4, 0.5) is 0 Å². The number of rotatable bonds is 5. The molecule has 0 saturated carbocycles. The molecule has 0 amide bonds. The average molecular weight is 394 g/mol. The molecule has 6 nitrogen and oxygen atoms in total. The first-order chi connectivity index (χ1) is 13.9. The second-order valence-electron chi connectivity index (χ2n) is 7.27. The first-order valence-corrected chi connectivity index (χ1v) is 9.26. The van der Waals surface area contributed by atoms with Crippen LogP contribution < -0.4 is 4.74 Å². The van der Waals surface area contributed by atoms with Crippen LogP contribution >= 0.6 is 0 Å². The Hall–Kier alpha value is -3.12.